The molecule has 1 saturated heterocycles. The van der Waals surface area contributed by atoms with E-state index in [0.29, 0.717) is 11.5 Å². The molecule has 1 saturated carbocycles. The quantitative estimate of drug-likeness (QED) is 0.773. The smallest absolute Gasteiger partial charge is 0.264 e. The number of nitrogens with one attached hydrogen (secondary N) is 1. The maximum atomic E-state index is 12.6. The van der Waals surface area contributed by atoms with Gasteiger partial charge in [-0.1, -0.05) is 0 Å². The molecule has 3 aromatic heterocycles. The van der Waals surface area contributed by atoms with Gasteiger partial charge in [-0.2, -0.15) is 0 Å². The molecule has 134 valence electrons. The van der Waals surface area contributed by atoms with E-state index < -0.39 is 0 Å². The summed E-state index contributed by atoms with van der Waals surface area (Å²) in [5.74, 6) is 1.18. The number of amides is 1. The van der Waals surface area contributed by atoms with Gasteiger partial charge in [-0.25, -0.2) is 9.97 Å². The van der Waals surface area contributed by atoms with Crippen molar-refractivity contribution in [3.8, 4) is 0 Å². The molecule has 1 spiro atoms. The Morgan fingerprint density at radius 1 is 1.35 bits per heavy atom. The normalized spacial score (nSPS) is 18.8. The molecule has 1 aliphatic carbocycles. The Bertz CT molecular complexity index is 979. The molecule has 5 rings (SSSR count). The van der Waals surface area contributed by atoms with E-state index >= 15 is 0 Å². The number of aryl methyl sites for hydroxylation is 1. The summed E-state index contributed by atoms with van der Waals surface area (Å²) in [6.07, 6.45) is 5.76. The second-order valence-electron chi connectivity index (χ2n) is 7.70. The second kappa shape index (κ2) is 5.54. The number of thiophene rings is 1. The Kier molecular flexibility index (Phi) is 3.37. The Morgan fingerprint density at radius 2 is 2.15 bits per heavy atom. The average Bonchev–Trinajstić information content (AvgIpc) is 3.19. The van der Waals surface area contributed by atoms with Gasteiger partial charge in [0.05, 0.1) is 10.3 Å². The van der Waals surface area contributed by atoms with Gasteiger partial charge in [0.15, 0.2) is 0 Å². The van der Waals surface area contributed by atoms with Crippen LogP contribution in [0.3, 0.4) is 0 Å². The molecule has 1 amide bonds. The first-order chi connectivity index (χ1) is 12.6. The summed E-state index contributed by atoms with van der Waals surface area (Å²) in [6.45, 7) is 3.78. The van der Waals surface area contributed by atoms with Crippen LogP contribution in [0.5, 0.6) is 0 Å². The van der Waals surface area contributed by atoms with Crippen LogP contribution in [-0.2, 0) is 0 Å². The molecule has 2 fully saturated rings. The molecule has 6 nitrogen and oxygen atoms in total. The van der Waals surface area contributed by atoms with Crippen molar-refractivity contribution in [2.24, 2.45) is 5.41 Å². The zero-order valence-electron chi connectivity index (χ0n) is 14.9. The van der Waals surface area contributed by atoms with Crippen molar-refractivity contribution in [3.05, 3.63) is 40.5 Å². The van der Waals surface area contributed by atoms with Gasteiger partial charge >= 0.3 is 0 Å². The fourth-order valence-corrected chi connectivity index (χ4v) is 5.32. The standard InChI is InChI=1S/C19H21N5OS/c1-12-4-6-26-15(12)18(25)24-9-19(10-24)7-13(8-19)23(2)17-14-3-5-20-16(14)21-11-22-17/h3-6,11,13H,7-10H2,1-2H3,(H,20,21,22). The molecule has 26 heavy (non-hydrogen) atoms. The van der Waals surface area contributed by atoms with E-state index in [4.69, 9.17) is 0 Å². The van der Waals surface area contributed by atoms with Crippen LogP contribution in [0.1, 0.15) is 28.1 Å². The molecule has 0 aromatic carbocycles. The largest absolute Gasteiger partial charge is 0.356 e. The molecule has 7 heteroatoms. The van der Waals surface area contributed by atoms with E-state index in [1.165, 1.54) is 0 Å². The first kappa shape index (κ1) is 15.8. The Hall–Kier alpha value is -2.41. The van der Waals surface area contributed by atoms with E-state index in [-0.39, 0.29) is 5.91 Å². The third-order valence-corrected chi connectivity index (χ3v) is 6.95. The summed E-state index contributed by atoms with van der Waals surface area (Å²) in [6, 6.07) is 4.53. The highest BCUT2D eigenvalue weighted by atomic mass is 32.1. The number of carbonyl (C=O) groups excluding carboxylic acids is 1. The summed E-state index contributed by atoms with van der Waals surface area (Å²) in [4.78, 5) is 29.7. The van der Waals surface area contributed by atoms with Gasteiger partial charge in [-0.15, -0.1) is 11.3 Å². The molecule has 0 bridgehead atoms. The number of hydrogen-bond acceptors (Lipinski definition) is 5. The number of fused-ring (bicyclic) bond motifs is 1. The molecular formula is C19H21N5OS. The topological polar surface area (TPSA) is 65.1 Å². The lowest BCUT2D eigenvalue weighted by molar-refractivity contribution is -0.0539. The van der Waals surface area contributed by atoms with Crippen LogP contribution in [0, 0.1) is 12.3 Å². The summed E-state index contributed by atoms with van der Waals surface area (Å²) in [5, 5.41) is 3.06. The van der Waals surface area contributed by atoms with Gasteiger partial charge in [-0.05, 0) is 42.8 Å². The molecule has 1 N–H and O–H groups in total. The number of likely N-dealkylation sites (tertiary alicyclic amines) is 1. The molecule has 0 atom stereocenters. The van der Waals surface area contributed by atoms with Crippen LogP contribution < -0.4 is 4.90 Å². The second-order valence-corrected chi connectivity index (χ2v) is 8.62. The molecular weight excluding hydrogens is 346 g/mol. The van der Waals surface area contributed by atoms with Gasteiger partial charge < -0.3 is 14.8 Å². The maximum Gasteiger partial charge on any atom is 0.264 e. The predicted octanol–water partition coefficient (Wildman–Crippen LogP) is 3.07. The molecule has 1 aliphatic heterocycles. The SMILES string of the molecule is Cc1ccsc1C(=O)N1CC2(CC(N(C)c3ncnc4[nH]ccc34)C2)C1. The first-order valence-electron chi connectivity index (χ1n) is 8.91. The van der Waals surface area contributed by atoms with Crippen LogP contribution in [0.15, 0.2) is 30.0 Å². The van der Waals surface area contributed by atoms with Crippen molar-refractivity contribution < 1.29 is 4.79 Å². The average molecular weight is 367 g/mol. The zero-order chi connectivity index (χ0) is 17.9. The Balaban J connectivity index is 1.24. The van der Waals surface area contributed by atoms with E-state index in [0.717, 1.165) is 53.2 Å². The van der Waals surface area contributed by atoms with Gasteiger partial charge in [0.25, 0.3) is 5.91 Å². The fraction of sp³-hybridized carbons (Fsp3) is 0.421. The van der Waals surface area contributed by atoms with E-state index in [2.05, 4.69) is 26.9 Å². The number of rotatable bonds is 3. The number of H-pyrrole nitrogens is 1. The van der Waals surface area contributed by atoms with E-state index in [1.807, 2.05) is 35.5 Å². The summed E-state index contributed by atoms with van der Waals surface area (Å²) < 4.78 is 0. The molecule has 3 aromatic rings. The van der Waals surface area contributed by atoms with Gasteiger partial charge in [0.2, 0.25) is 0 Å². The lowest BCUT2D eigenvalue weighted by Gasteiger charge is -2.60. The minimum Gasteiger partial charge on any atom is -0.356 e. The minimum atomic E-state index is 0.199. The van der Waals surface area contributed by atoms with Gasteiger partial charge in [0.1, 0.15) is 17.8 Å². The van der Waals surface area contributed by atoms with Crippen LogP contribution in [0.2, 0.25) is 0 Å². The summed E-state index contributed by atoms with van der Waals surface area (Å²) in [7, 11) is 2.11. The number of aromatic amines is 1. The number of aromatic nitrogens is 3. The Labute approximate surface area is 155 Å². The highest BCUT2D eigenvalue weighted by molar-refractivity contribution is 7.12. The highest BCUT2D eigenvalue weighted by Gasteiger charge is 2.55. The summed E-state index contributed by atoms with van der Waals surface area (Å²) >= 11 is 1.55. The van der Waals surface area contributed by atoms with E-state index in [1.54, 1.807) is 17.7 Å². The van der Waals surface area contributed by atoms with Crippen LogP contribution in [0.25, 0.3) is 11.0 Å². The third kappa shape index (κ3) is 2.26. The maximum absolute atomic E-state index is 12.6. The van der Waals surface area contributed by atoms with Crippen molar-refractivity contribution in [3.63, 3.8) is 0 Å². The van der Waals surface area contributed by atoms with Gasteiger partial charge in [-0.3, -0.25) is 4.79 Å². The summed E-state index contributed by atoms with van der Waals surface area (Å²) in [5.41, 5.74) is 2.28. The highest BCUT2D eigenvalue weighted by Crippen LogP contribution is 2.51. The van der Waals surface area contributed by atoms with Crippen molar-refractivity contribution in [2.75, 3.05) is 25.0 Å². The molecule has 0 radical (unpaired) electrons. The zero-order valence-corrected chi connectivity index (χ0v) is 15.7. The Morgan fingerprint density at radius 3 is 2.88 bits per heavy atom. The van der Waals surface area contributed by atoms with Crippen LogP contribution in [-0.4, -0.2) is 51.9 Å². The van der Waals surface area contributed by atoms with Crippen LogP contribution in [0.4, 0.5) is 5.82 Å². The lowest BCUT2D eigenvalue weighted by atomic mass is 9.60. The monoisotopic (exact) mass is 367 g/mol. The van der Waals surface area contributed by atoms with Crippen molar-refractivity contribution in [1.29, 1.82) is 0 Å². The molecule has 4 heterocycles. The number of hydrogen-bond donors (Lipinski definition) is 1. The number of nitrogens with zero attached hydrogens (tertiary/aromatic N) is 4. The van der Waals surface area contributed by atoms with Crippen molar-refractivity contribution in [2.45, 2.75) is 25.8 Å². The van der Waals surface area contributed by atoms with Crippen molar-refractivity contribution in [1.82, 2.24) is 19.9 Å². The minimum absolute atomic E-state index is 0.199. The predicted molar refractivity (Wildman–Crippen MR) is 103 cm³/mol. The first-order valence-corrected chi connectivity index (χ1v) is 9.79. The number of anilines is 1. The molecule has 2 aliphatic rings. The van der Waals surface area contributed by atoms with Gasteiger partial charge in [0, 0.05) is 37.8 Å². The fourth-order valence-electron chi connectivity index (χ4n) is 4.43. The van der Waals surface area contributed by atoms with E-state index in [9.17, 15) is 4.79 Å². The van der Waals surface area contributed by atoms with Crippen molar-refractivity contribution >= 4 is 34.1 Å². The van der Waals surface area contributed by atoms with Crippen LogP contribution >= 0.6 is 11.3 Å². The molecule has 0 unspecified atom stereocenters. The third-order valence-electron chi connectivity index (χ3n) is 5.95. The lowest BCUT2D eigenvalue weighted by Crippen LogP contribution is -2.67. The number of carbonyl (C=O) groups is 1.